The van der Waals surface area contributed by atoms with Crippen LogP contribution >= 0.6 is 0 Å². The zero-order valence-corrected chi connectivity index (χ0v) is 11.7. The number of nitrogens with zero attached hydrogens (tertiary/aromatic N) is 4. The average molecular weight is 259 g/mol. The number of rotatable bonds is 3. The number of hydrogen-bond acceptors (Lipinski definition) is 4. The van der Waals surface area contributed by atoms with Crippen molar-refractivity contribution in [2.75, 3.05) is 11.9 Å². The van der Waals surface area contributed by atoms with Crippen molar-refractivity contribution in [3.8, 4) is 11.5 Å². The van der Waals surface area contributed by atoms with Gasteiger partial charge >= 0.3 is 0 Å². The summed E-state index contributed by atoms with van der Waals surface area (Å²) in [6.45, 7) is 4.99. The highest BCUT2D eigenvalue weighted by atomic mass is 15.2. The second kappa shape index (κ2) is 5.15. The van der Waals surface area contributed by atoms with Gasteiger partial charge in [0.15, 0.2) is 17.3 Å². The predicted molar refractivity (Wildman–Crippen MR) is 75.5 cm³/mol. The van der Waals surface area contributed by atoms with Gasteiger partial charge in [-0.1, -0.05) is 19.3 Å². The van der Waals surface area contributed by atoms with Gasteiger partial charge in [0.25, 0.3) is 0 Å². The first-order chi connectivity index (χ1) is 9.31. The molecule has 5 nitrogen and oxygen atoms in total. The van der Waals surface area contributed by atoms with Crippen LogP contribution in [0.2, 0.25) is 0 Å². The molecule has 1 fully saturated rings. The topological polar surface area (TPSA) is 55.6 Å². The first kappa shape index (κ1) is 12.4. The van der Waals surface area contributed by atoms with E-state index in [0.717, 1.165) is 29.7 Å². The number of aromatic nitrogens is 4. The predicted octanol–water partition coefficient (Wildman–Crippen LogP) is 3.02. The average Bonchev–Trinajstić information content (AvgIpc) is 2.89. The smallest absolute Gasteiger partial charge is 0.165 e. The minimum atomic E-state index is 0.538. The number of nitrogens with one attached hydrogen (secondary N) is 1. The molecule has 0 amide bonds. The maximum atomic E-state index is 4.69. The fourth-order valence-electron chi connectivity index (χ4n) is 3.09. The molecule has 2 aliphatic heterocycles. The minimum Gasteiger partial charge on any atom is -0.368 e. The molecule has 3 rings (SSSR count). The van der Waals surface area contributed by atoms with E-state index < -0.39 is 0 Å². The van der Waals surface area contributed by atoms with Crippen molar-refractivity contribution < 1.29 is 0 Å². The number of aryl methyl sites for hydroxylation is 1. The highest BCUT2D eigenvalue weighted by molar-refractivity contribution is 5.67. The molecule has 0 aromatic carbocycles. The van der Waals surface area contributed by atoms with Gasteiger partial charge in [0.05, 0.1) is 0 Å². The Balaban J connectivity index is 2.06. The third-order valence-electron chi connectivity index (χ3n) is 3.94. The Labute approximate surface area is 113 Å². The van der Waals surface area contributed by atoms with Crippen LogP contribution in [-0.4, -0.2) is 26.1 Å². The van der Waals surface area contributed by atoms with Crippen LogP contribution in [0.5, 0.6) is 0 Å². The summed E-state index contributed by atoms with van der Waals surface area (Å²) in [6.07, 6.45) is 8.08. The summed E-state index contributed by atoms with van der Waals surface area (Å²) in [6, 6.07) is 0.538. The number of hydrogen-bond donors (Lipinski definition) is 1. The fourth-order valence-corrected chi connectivity index (χ4v) is 3.09. The monoisotopic (exact) mass is 259 g/mol. The van der Waals surface area contributed by atoms with Crippen LogP contribution in [0.25, 0.3) is 11.5 Å². The largest absolute Gasteiger partial charge is 0.368 e. The molecule has 0 bridgehead atoms. The maximum absolute atomic E-state index is 4.69. The van der Waals surface area contributed by atoms with Gasteiger partial charge in [0.1, 0.15) is 12.2 Å². The third kappa shape index (κ3) is 2.17. The number of fused-ring (bicyclic) bond motifs is 1. The van der Waals surface area contributed by atoms with Gasteiger partial charge in [-0.2, -0.15) is 0 Å². The summed E-state index contributed by atoms with van der Waals surface area (Å²) in [7, 11) is 0. The highest BCUT2D eigenvalue weighted by Crippen LogP contribution is 2.35. The number of anilines is 1. The number of imidazole rings is 1. The van der Waals surface area contributed by atoms with Gasteiger partial charge in [0, 0.05) is 12.6 Å². The van der Waals surface area contributed by atoms with Gasteiger partial charge in [-0.25, -0.2) is 15.0 Å². The molecule has 19 heavy (non-hydrogen) atoms. The Bertz CT molecular complexity index is 527. The molecule has 1 saturated carbocycles. The van der Waals surface area contributed by atoms with Crippen molar-refractivity contribution in [1.82, 2.24) is 19.5 Å². The molecule has 0 unspecified atom stereocenters. The van der Waals surface area contributed by atoms with E-state index in [1.807, 2.05) is 0 Å². The quantitative estimate of drug-likeness (QED) is 0.920. The molecule has 0 saturated heterocycles. The summed E-state index contributed by atoms with van der Waals surface area (Å²) in [5, 5.41) is 3.28. The summed E-state index contributed by atoms with van der Waals surface area (Å²) in [4.78, 5) is 13.5. The normalized spacial score (nSPS) is 16.9. The van der Waals surface area contributed by atoms with Crippen LogP contribution in [-0.2, 0) is 0 Å². The maximum Gasteiger partial charge on any atom is 0.165 e. The Kier molecular flexibility index (Phi) is 3.36. The third-order valence-corrected chi connectivity index (χ3v) is 3.94. The Morgan fingerprint density at radius 2 is 2.05 bits per heavy atom. The van der Waals surface area contributed by atoms with Crippen molar-refractivity contribution in [2.45, 2.75) is 52.0 Å². The summed E-state index contributed by atoms with van der Waals surface area (Å²) < 4.78 is 2.29. The van der Waals surface area contributed by atoms with Crippen molar-refractivity contribution in [2.24, 2.45) is 0 Å². The molecular formula is C14H21N5. The molecular weight excluding hydrogens is 238 g/mol. The Hall–Kier alpha value is -1.65. The van der Waals surface area contributed by atoms with E-state index >= 15 is 0 Å². The van der Waals surface area contributed by atoms with Crippen molar-refractivity contribution in [3.05, 3.63) is 12.2 Å². The van der Waals surface area contributed by atoms with Crippen LogP contribution in [0.3, 0.4) is 0 Å². The first-order valence-corrected chi connectivity index (χ1v) is 7.24. The molecule has 1 N–H and O–H groups in total. The summed E-state index contributed by atoms with van der Waals surface area (Å²) >= 11 is 0. The molecule has 3 aliphatic rings. The van der Waals surface area contributed by atoms with Crippen LogP contribution in [0.15, 0.2) is 6.33 Å². The van der Waals surface area contributed by atoms with Crippen LogP contribution in [0.1, 0.15) is 50.9 Å². The molecule has 2 heterocycles. The van der Waals surface area contributed by atoms with E-state index in [1.165, 1.54) is 32.1 Å². The molecule has 0 atom stereocenters. The molecule has 0 spiro atoms. The SMILES string of the molecule is CCNc1nc(C)n(C2CCCCC2)c2ncnc1-2. The van der Waals surface area contributed by atoms with E-state index in [1.54, 1.807) is 6.33 Å². The van der Waals surface area contributed by atoms with Gasteiger partial charge in [-0.05, 0) is 26.7 Å². The van der Waals surface area contributed by atoms with Crippen LogP contribution in [0.4, 0.5) is 5.82 Å². The fraction of sp³-hybridized carbons (Fsp3) is 0.643. The van der Waals surface area contributed by atoms with Gasteiger partial charge in [-0.15, -0.1) is 0 Å². The van der Waals surface area contributed by atoms with E-state index in [-0.39, 0.29) is 0 Å². The standard InChI is InChI=1S/C14H21N5/c1-3-15-13-12-14(17-9-16-12)19(10(2)18-13)11-7-5-4-6-8-11/h9,11,15H,3-8H2,1-2H3. The van der Waals surface area contributed by atoms with Crippen molar-refractivity contribution in [3.63, 3.8) is 0 Å². The van der Waals surface area contributed by atoms with Gasteiger partial charge in [-0.3, -0.25) is 0 Å². The lowest BCUT2D eigenvalue weighted by Gasteiger charge is -2.28. The highest BCUT2D eigenvalue weighted by Gasteiger charge is 2.25. The van der Waals surface area contributed by atoms with Crippen molar-refractivity contribution in [1.29, 1.82) is 0 Å². The molecule has 0 aromatic heterocycles. The van der Waals surface area contributed by atoms with E-state index in [2.05, 4.69) is 38.7 Å². The summed E-state index contributed by atoms with van der Waals surface area (Å²) in [5.74, 6) is 2.88. The zero-order valence-electron chi connectivity index (χ0n) is 11.7. The Morgan fingerprint density at radius 3 is 2.79 bits per heavy atom. The molecule has 102 valence electrons. The lowest BCUT2D eigenvalue weighted by molar-refractivity contribution is 0.345. The molecule has 0 radical (unpaired) electrons. The lowest BCUT2D eigenvalue weighted by atomic mass is 9.95. The Morgan fingerprint density at radius 1 is 1.26 bits per heavy atom. The second-order valence-electron chi connectivity index (χ2n) is 5.25. The molecule has 0 aromatic rings. The molecule has 5 heteroatoms. The van der Waals surface area contributed by atoms with Gasteiger partial charge in [0.2, 0.25) is 0 Å². The minimum absolute atomic E-state index is 0.538. The summed E-state index contributed by atoms with van der Waals surface area (Å²) in [5.41, 5.74) is 0.901. The van der Waals surface area contributed by atoms with Crippen LogP contribution in [0, 0.1) is 6.92 Å². The van der Waals surface area contributed by atoms with E-state index in [9.17, 15) is 0 Å². The van der Waals surface area contributed by atoms with Crippen molar-refractivity contribution >= 4 is 5.82 Å². The van der Waals surface area contributed by atoms with Crippen LogP contribution < -0.4 is 5.32 Å². The lowest BCUT2D eigenvalue weighted by Crippen LogP contribution is -2.20. The second-order valence-corrected chi connectivity index (χ2v) is 5.25. The zero-order chi connectivity index (χ0) is 13.2. The van der Waals surface area contributed by atoms with E-state index in [4.69, 9.17) is 0 Å². The van der Waals surface area contributed by atoms with E-state index in [0.29, 0.717) is 6.04 Å². The molecule has 1 aliphatic carbocycles. The van der Waals surface area contributed by atoms with Gasteiger partial charge < -0.3 is 9.88 Å². The first-order valence-electron chi connectivity index (χ1n) is 7.24.